The Morgan fingerprint density at radius 2 is 0.378 bits per heavy atom. The largest absolute Gasteiger partial charge is 6.00 e. The van der Waals surface area contributed by atoms with Crippen LogP contribution in [0.3, 0.4) is 0 Å². The summed E-state index contributed by atoms with van der Waals surface area (Å²) in [6, 6.07) is 89.0. The summed E-state index contributed by atoms with van der Waals surface area (Å²) < 4.78 is 0. The van der Waals surface area contributed by atoms with Crippen LogP contribution in [-0.4, -0.2) is 24.6 Å². The third kappa shape index (κ3) is 20.1. The molecule has 0 spiro atoms. The van der Waals surface area contributed by atoms with Crippen molar-refractivity contribution in [2.75, 3.05) is 24.6 Å². The zero-order valence-corrected chi connectivity index (χ0v) is 57.1. The first-order valence-corrected chi connectivity index (χ1v) is 34.8. The van der Waals surface area contributed by atoms with Gasteiger partial charge in [0.25, 0.3) is 0 Å². The zero-order valence-electron chi connectivity index (χ0n) is 49.6. The maximum Gasteiger partial charge on any atom is 6.00 e. The molecule has 0 heterocycles. The van der Waals surface area contributed by atoms with Gasteiger partial charge in [-0.3, -0.25) is 0 Å². The van der Waals surface area contributed by atoms with Crippen LogP contribution in [0, 0.1) is 93.9 Å². The van der Waals surface area contributed by atoms with E-state index in [1.54, 1.807) is 11.8 Å². The fraction of sp³-hybridized carbons (Fsp3) is 0.184. The molecule has 0 bridgehead atoms. The molecular formula is C76H82P4Ru2+12. The molecule has 0 nitrogen and oxygen atoms in total. The van der Waals surface area contributed by atoms with Crippen molar-refractivity contribution >= 4 is 74.1 Å². The maximum atomic E-state index is 5.90. The van der Waals surface area contributed by atoms with Crippen LogP contribution in [0.5, 0.6) is 0 Å². The molecule has 10 rings (SSSR count). The van der Waals surface area contributed by atoms with Crippen molar-refractivity contribution in [3.05, 3.63) is 311 Å². The molecular weight excluding hydrogens is 1240 g/mol. The van der Waals surface area contributed by atoms with Gasteiger partial charge in [0.05, 0.1) is 74.1 Å². The number of benzene rings is 8. The topological polar surface area (TPSA) is 0 Å². The molecule has 0 radical (unpaired) electrons. The molecule has 0 aromatic heterocycles. The Hall–Kier alpha value is -5.45. The molecule has 0 saturated heterocycles. The molecule has 410 valence electrons. The molecule has 0 N–H and O–H groups in total. The van der Waals surface area contributed by atoms with Crippen molar-refractivity contribution in [1.82, 2.24) is 0 Å². The first kappa shape index (κ1) is 69.0. The van der Waals surface area contributed by atoms with Crippen LogP contribution in [0.25, 0.3) is 0 Å². The van der Waals surface area contributed by atoms with E-state index in [4.69, 9.17) is 12.8 Å². The maximum absolute atomic E-state index is 5.90. The van der Waals surface area contributed by atoms with Crippen LogP contribution < -0.4 is 42.4 Å². The van der Waals surface area contributed by atoms with Crippen LogP contribution in [0.1, 0.15) is 55.6 Å². The second kappa shape index (κ2) is 37.0. The average Bonchev–Trinajstić information content (AvgIpc) is 3.95. The van der Waals surface area contributed by atoms with E-state index in [9.17, 15) is 0 Å². The monoisotopic (exact) mass is 1320 g/mol. The Morgan fingerprint density at radius 3 is 0.463 bits per heavy atom. The van der Waals surface area contributed by atoms with Crippen molar-refractivity contribution < 1.29 is 39.0 Å². The van der Waals surface area contributed by atoms with Crippen LogP contribution in [-0.2, 0) is 39.0 Å². The van der Waals surface area contributed by atoms with Crippen LogP contribution in [0.2, 0.25) is 0 Å². The van der Waals surface area contributed by atoms with Crippen LogP contribution in [0.4, 0.5) is 0 Å². The van der Waals surface area contributed by atoms with E-state index >= 15 is 0 Å². The van der Waals surface area contributed by atoms with E-state index < -0.39 is 31.7 Å². The smallest absolute Gasteiger partial charge is 0.500 e. The van der Waals surface area contributed by atoms with Gasteiger partial charge < -0.3 is 24.7 Å². The van der Waals surface area contributed by atoms with Gasteiger partial charge in [-0.1, -0.05) is 215 Å². The normalized spacial score (nSPS) is 10.2. The first-order chi connectivity index (χ1) is 38.9. The van der Waals surface area contributed by atoms with E-state index in [0.29, 0.717) is 0 Å². The van der Waals surface area contributed by atoms with Crippen LogP contribution in [0.15, 0.2) is 243 Å². The van der Waals surface area contributed by atoms with Gasteiger partial charge in [0.1, 0.15) is 24.6 Å². The van der Waals surface area contributed by atoms with Gasteiger partial charge in [0, 0.05) is 0 Å². The average molecular weight is 1320 g/mol. The van der Waals surface area contributed by atoms with Gasteiger partial charge in [-0.2, -0.15) is 55.6 Å². The molecule has 82 heavy (non-hydrogen) atoms. The Morgan fingerprint density at radius 1 is 0.256 bits per heavy atom. The second-order valence-corrected chi connectivity index (χ2v) is 30.8. The molecule has 0 saturated carbocycles. The first-order valence-electron chi connectivity index (χ1n) is 27.9. The summed E-state index contributed by atoms with van der Waals surface area (Å²) in [4.78, 5) is 0. The van der Waals surface area contributed by atoms with Crippen LogP contribution >= 0.6 is 31.7 Å². The van der Waals surface area contributed by atoms with Gasteiger partial charge in [0.2, 0.25) is 0 Å². The summed E-state index contributed by atoms with van der Waals surface area (Å²) >= 11 is 0. The summed E-state index contributed by atoms with van der Waals surface area (Å²) in [5, 5.41) is 12.1. The Labute approximate surface area is 525 Å². The van der Waals surface area contributed by atoms with E-state index in [1.807, 2.05) is 0 Å². The van der Waals surface area contributed by atoms with Gasteiger partial charge in [0.15, 0.2) is 0 Å². The van der Waals surface area contributed by atoms with Gasteiger partial charge in [-0.25, -0.2) is 0 Å². The third-order valence-electron chi connectivity index (χ3n) is 15.9. The quantitative estimate of drug-likeness (QED) is 0.0441. The molecule has 0 amide bonds. The number of hydrogen-bond acceptors (Lipinski definition) is 0. The van der Waals surface area contributed by atoms with Crippen molar-refractivity contribution in [3.63, 3.8) is 0 Å². The Kier molecular flexibility index (Phi) is 31.1. The fourth-order valence-electron chi connectivity index (χ4n) is 10.2. The van der Waals surface area contributed by atoms with Gasteiger partial charge in [-0.05, 0) is 97.1 Å². The van der Waals surface area contributed by atoms with E-state index in [1.165, 1.54) is 123 Å². The van der Waals surface area contributed by atoms with E-state index in [0.717, 1.165) is 0 Å². The molecule has 10 aromatic rings. The number of hydrogen-bond donors (Lipinski definition) is 0. The predicted molar refractivity (Wildman–Crippen MR) is 367 cm³/mol. The molecule has 0 aliphatic rings. The summed E-state index contributed by atoms with van der Waals surface area (Å²) in [6.07, 6.45) is 16.8. The van der Waals surface area contributed by atoms with E-state index in [-0.39, 0.29) is 39.0 Å². The Balaban J connectivity index is 0.000000249. The molecule has 6 heteroatoms. The number of rotatable bonds is 14. The SMILES string of the molecule is Cc1c(C)c(C)[c-](C)c1C.Cc1c(C)c(C)[c-](C)c1C.[C-]#CC#[C-].[Ru+6].[Ru+6].c1ccc([PH+](CC[PH+](c2ccccc2)c2ccccc2)c2ccccc2)cc1.c1ccc([PH+](CC[PH+](c2ccccc2)c2ccccc2)c2ccccc2)cc1. The van der Waals surface area contributed by atoms with Crippen molar-refractivity contribution in [2.45, 2.75) is 69.2 Å². The molecule has 10 aromatic carbocycles. The minimum absolute atomic E-state index is 0. The summed E-state index contributed by atoms with van der Waals surface area (Å²) in [6.45, 7) is 22.0. The fourth-order valence-corrected chi connectivity index (χ4v) is 22.6. The summed E-state index contributed by atoms with van der Waals surface area (Å²) in [7, 11) is -3.13. The minimum Gasteiger partial charge on any atom is -0.500 e. The molecule has 0 atom stereocenters. The standard InChI is InChI=1S/2C26H24P2.2C10H15.C4.2Ru/c2*1-5-13-23(14-6-1)27(24-15-7-2-8-16-24)21-22-28(25-17-9-3-10-18-25)26-19-11-4-12-20-26;2*1-6-7(2)9(4)10(5)8(6)3;1-3-4-2;;/h2*1-20H,21-22H2;2*1-5H3;;;/q;;2*-1;-2;2*+6/p+4. The minimum atomic E-state index is -0.783. The Bertz CT molecular complexity index is 2720. The summed E-state index contributed by atoms with van der Waals surface area (Å²) in [5.74, 6) is 3.19. The van der Waals surface area contributed by atoms with Gasteiger partial charge >= 0.3 is 39.0 Å². The van der Waals surface area contributed by atoms with Crippen molar-refractivity contribution in [1.29, 1.82) is 0 Å². The molecule has 0 fully saturated rings. The molecule has 0 aliphatic heterocycles. The molecule has 0 unspecified atom stereocenters. The van der Waals surface area contributed by atoms with E-state index in [2.05, 4.69) is 312 Å². The van der Waals surface area contributed by atoms with Crippen molar-refractivity contribution in [2.24, 2.45) is 0 Å². The second-order valence-electron chi connectivity index (χ2n) is 20.3. The van der Waals surface area contributed by atoms with Gasteiger partial charge in [-0.15, -0.1) is 0 Å². The van der Waals surface area contributed by atoms with Crippen molar-refractivity contribution in [3.8, 4) is 11.8 Å². The molecule has 0 aliphatic carbocycles. The third-order valence-corrected chi connectivity index (χ3v) is 28.2. The zero-order chi connectivity index (χ0) is 57.2. The summed E-state index contributed by atoms with van der Waals surface area (Å²) in [5.41, 5.74) is 14.7. The predicted octanol–water partition coefficient (Wildman–Crippen LogP) is 15.5.